The smallest absolute Gasteiger partial charge is 0.340 e. The topological polar surface area (TPSA) is 69.7 Å². The lowest BCUT2D eigenvalue weighted by atomic mass is 10.1. The Balaban J connectivity index is 4.20. The van der Waals surface area contributed by atoms with Crippen LogP contribution in [0.3, 0.4) is 0 Å². The first-order chi connectivity index (χ1) is 6.02. The third-order valence-corrected chi connectivity index (χ3v) is 1.30. The van der Waals surface area contributed by atoms with Gasteiger partial charge in [0.05, 0.1) is 19.8 Å². The van der Waals surface area contributed by atoms with Gasteiger partial charge >= 0.3 is 11.9 Å². The van der Waals surface area contributed by atoms with Crippen molar-refractivity contribution in [2.45, 2.75) is 6.42 Å². The Morgan fingerprint density at radius 2 is 1.69 bits per heavy atom. The minimum atomic E-state index is -0.839. The van der Waals surface area contributed by atoms with Crippen LogP contribution < -0.4 is 0 Å². The SMILES string of the molecule is C=C(C(=O)CC(=O)OC)C(=O)OC. The van der Waals surface area contributed by atoms with E-state index in [1.54, 1.807) is 0 Å². The van der Waals surface area contributed by atoms with Gasteiger partial charge in [-0.1, -0.05) is 6.58 Å². The number of hydrogen-bond acceptors (Lipinski definition) is 5. The van der Waals surface area contributed by atoms with Crippen molar-refractivity contribution in [3.8, 4) is 0 Å². The van der Waals surface area contributed by atoms with Crippen LogP contribution in [0.15, 0.2) is 12.2 Å². The first-order valence-corrected chi connectivity index (χ1v) is 3.40. The van der Waals surface area contributed by atoms with E-state index in [-0.39, 0.29) is 5.57 Å². The van der Waals surface area contributed by atoms with Crippen molar-refractivity contribution in [1.82, 2.24) is 0 Å². The summed E-state index contributed by atoms with van der Waals surface area (Å²) >= 11 is 0. The molecule has 5 heteroatoms. The maximum Gasteiger partial charge on any atom is 0.340 e. The number of esters is 2. The average Bonchev–Trinajstić information content (AvgIpc) is 2.14. The summed E-state index contributed by atoms with van der Waals surface area (Å²) in [5, 5.41) is 0. The van der Waals surface area contributed by atoms with Crippen LogP contribution in [0.25, 0.3) is 0 Å². The number of hydrogen-bond donors (Lipinski definition) is 0. The Bertz CT molecular complexity index is 253. The molecule has 0 saturated heterocycles. The van der Waals surface area contributed by atoms with Gasteiger partial charge in [-0.15, -0.1) is 0 Å². The molecule has 0 N–H and O–H groups in total. The quantitative estimate of drug-likeness (QED) is 0.264. The number of ketones is 1. The maximum absolute atomic E-state index is 11.0. The Morgan fingerprint density at radius 1 is 1.15 bits per heavy atom. The van der Waals surface area contributed by atoms with E-state index in [1.165, 1.54) is 0 Å². The molecule has 0 saturated carbocycles. The summed E-state index contributed by atoms with van der Waals surface area (Å²) in [7, 11) is 2.27. The van der Waals surface area contributed by atoms with Crippen molar-refractivity contribution >= 4 is 17.7 Å². The zero-order valence-corrected chi connectivity index (χ0v) is 7.46. The van der Waals surface area contributed by atoms with E-state index in [0.29, 0.717) is 0 Å². The molecule has 0 aromatic heterocycles. The second kappa shape index (κ2) is 5.08. The lowest BCUT2D eigenvalue weighted by Gasteiger charge is -2.00. The average molecular weight is 186 g/mol. The molecule has 0 aromatic carbocycles. The van der Waals surface area contributed by atoms with E-state index in [2.05, 4.69) is 16.1 Å². The van der Waals surface area contributed by atoms with Gasteiger partial charge in [-0.25, -0.2) is 4.79 Å². The Hall–Kier alpha value is -1.65. The summed E-state index contributed by atoms with van der Waals surface area (Å²) in [6.45, 7) is 3.18. The van der Waals surface area contributed by atoms with Crippen LogP contribution >= 0.6 is 0 Å². The van der Waals surface area contributed by atoms with Gasteiger partial charge in [0.15, 0.2) is 5.78 Å². The molecule has 0 amide bonds. The monoisotopic (exact) mass is 186 g/mol. The number of rotatable bonds is 4. The van der Waals surface area contributed by atoms with Crippen LogP contribution in [0.1, 0.15) is 6.42 Å². The summed E-state index contributed by atoms with van der Waals surface area (Å²) in [5.41, 5.74) is -0.354. The van der Waals surface area contributed by atoms with Gasteiger partial charge in [-0.05, 0) is 0 Å². The van der Waals surface area contributed by atoms with Crippen molar-refractivity contribution in [2.75, 3.05) is 14.2 Å². The third-order valence-electron chi connectivity index (χ3n) is 1.30. The molecule has 0 atom stereocenters. The summed E-state index contributed by atoms with van der Waals surface area (Å²) in [5.74, 6) is -2.25. The molecule has 13 heavy (non-hydrogen) atoms. The highest BCUT2D eigenvalue weighted by molar-refractivity contribution is 6.20. The highest BCUT2D eigenvalue weighted by atomic mass is 16.5. The molecule has 0 fully saturated rings. The van der Waals surface area contributed by atoms with Crippen LogP contribution in [0.4, 0.5) is 0 Å². The first kappa shape index (κ1) is 11.4. The predicted octanol–water partition coefficient (Wildman–Crippen LogP) is -0.152. The van der Waals surface area contributed by atoms with E-state index >= 15 is 0 Å². The van der Waals surface area contributed by atoms with Crippen LogP contribution in [0.5, 0.6) is 0 Å². The van der Waals surface area contributed by atoms with Crippen molar-refractivity contribution in [1.29, 1.82) is 0 Å². The standard InChI is InChI=1S/C8H10O5/c1-5(8(11)13-3)6(9)4-7(10)12-2/h1,4H2,2-3H3. The van der Waals surface area contributed by atoms with E-state index in [9.17, 15) is 14.4 Å². The zero-order valence-electron chi connectivity index (χ0n) is 7.46. The van der Waals surface area contributed by atoms with Crippen LogP contribution in [0.2, 0.25) is 0 Å². The lowest BCUT2D eigenvalue weighted by Crippen LogP contribution is -2.17. The minimum absolute atomic E-state index is 0.354. The van der Waals surface area contributed by atoms with Crippen LogP contribution in [-0.4, -0.2) is 31.9 Å². The molecular formula is C8H10O5. The molecule has 5 nitrogen and oxygen atoms in total. The van der Waals surface area contributed by atoms with E-state index in [4.69, 9.17) is 0 Å². The molecule has 0 aliphatic carbocycles. The van der Waals surface area contributed by atoms with E-state index in [0.717, 1.165) is 14.2 Å². The number of methoxy groups -OCH3 is 2. The number of carbonyl (C=O) groups excluding carboxylic acids is 3. The highest BCUT2D eigenvalue weighted by Crippen LogP contribution is 2.00. The summed E-state index contributed by atoms with van der Waals surface area (Å²) < 4.78 is 8.47. The molecule has 0 heterocycles. The molecule has 0 aromatic rings. The summed E-state index contributed by atoms with van der Waals surface area (Å²) in [6, 6.07) is 0. The highest BCUT2D eigenvalue weighted by Gasteiger charge is 2.19. The second-order valence-corrected chi connectivity index (χ2v) is 2.15. The fourth-order valence-corrected chi connectivity index (χ4v) is 0.547. The number of ether oxygens (including phenoxy) is 2. The van der Waals surface area contributed by atoms with Gasteiger partial charge in [-0.2, -0.15) is 0 Å². The number of Topliss-reactive ketones (excluding diaryl/α,β-unsaturated/α-hetero) is 1. The van der Waals surface area contributed by atoms with Crippen molar-refractivity contribution in [3.05, 3.63) is 12.2 Å². The second-order valence-electron chi connectivity index (χ2n) is 2.15. The van der Waals surface area contributed by atoms with Gasteiger partial charge < -0.3 is 9.47 Å². The van der Waals surface area contributed by atoms with Gasteiger partial charge in [0.25, 0.3) is 0 Å². The molecule has 0 bridgehead atoms. The first-order valence-electron chi connectivity index (χ1n) is 3.40. The molecule has 72 valence electrons. The Kier molecular flexibility index (Phi) is 4.43. The summed E-state index contributed by atoms with van der Waals surface area (Å²) in [6.07, 6.45) is -0.496. The van der Waals surface area contributed by atoms with Crippen molar-refractivity contribution in [3.63, 3.8) is 0 Å². The molecule has 0 aliphatic heterocycles. The molecule has 0 unspecified atom stereocenters. The maximum atomic E-state index is 11.0. The third kappa shape index (κ3) is 3.50. The van der Waals surface area contributed by atoms with E-state index in [1.807, 2.05) is 0 Å². The van der Waals surface area contributed by atoms with Crippen molar-refractivity contribution < 1.29 is 23.9 Å². The van der Waals surface area contributed by atoms with Crippen LogP contribution in [-0.2, 0) is 23.9 Å². The minimum Gasteiger partial charge on any atom is -0.469 e. The molecule has 0 aliphatic rings. The van der Waals surface area contributed by atoms with Crippen LogP contribution in [0, 0.1) is 0 Å². The van der Waals surface area contributed by atoms with Gasteiger partial charge in [-0.3, -0.25) is 9.59 Å². The lowest BCUT2D eigenvalue weighted by molar-refractivity contribution is -0.143. The Labute approximate surface area is 75.3 Å². The fourth-order valence-electron chi connectivity index (χ4n) is 0.547. The largest absolute Gasteiger partial charge is 0.469 e. The van der Waals surface area contributed by atoms with Gasteiger partial charge in [0.1, 0.15) is 6.42 Å². The van der Waals surface area contributed by atoms with Crippen molar-refractivity contribution in [2.24, 2.45) is 0 Å². The molecule has 0 rings (SSSR count). The van der Waals surface area contributed by atoms with Gasteiger partial charge in [0, 0.05) is 0 Å². The molecule has 0 radical (unpaired) electrons. The fraction of sp³-hybridized carbons (Fsp3) is 0.375. The normalized spacial score (nSPS) is 8.77. The van der Waals surface area contributed by atoms with Gasteiger partial charge in [0.2, 0.25) is 0 Å². The Morgan fingerprint density at radius 3 is 2.08 bits per heavy atom. The zero-order chi connectivity index (χ0) is 10.4. The molecule has 0 spiro atoms. The summed E-state index contributed by atoms with van der Waals surface area (Å²) in [4.78, 5) is 32.3. The number of carbonyl (C=O) groups is 3. The van der Waals surface area contributed by atoms with E-state index < -0.39 is 24.1 Å². The molecular weight excluding hydrogens is 176 g/mol. The predicted molar refractivity (Wildman–Crippen MR) is 42.8 cm³/mol.